The van der Waals surface area contributed by atoms with E-state index >= 15 is 0 Å². The first kappa shape index (κ1) is 22.3. The molecule has 4 rings (SSSR count). The molecule has 1 saturated heterocycles. The first-order valence-electron chi connectivity index (χ1n) is 11.1. The third-order valence-electron chi connectivity index (χ3n) is 5.57. The van der Waals surface area contributed by atoms with Gasteiger partial charge in [0.1, 0.15) is 5.75 Å². The van der Waals surface area contributed by atoms with Gasteiger partial charge in [0.2, 0.25) is 0 Å². The number of pyridine rings is 1. The van der Waals surface area contributed by atoms with Gasteiger partial charge in [0.05, 0.1) is 19.3 Å². The van der Waals surface area contributed by atoms with Gasteiger partial charge in [-0.3, -0.25) is 4.79 Å². The minimum Gasteiger partial charge on any atom is -0.494 e. The Morgan fingerprint density at radius 3 is 2.81 bits per heavy atom. The molecule has 6 nitrogen and oxygen atoms in total. The largest absolute Gasteiger partial charge is 0.494 e. The van der Waals surface area contributed by atoms with Gasteiger partial charge in [0.25, 0.3) is 5.56 Å². The highest BCUT2D eigenvalue weighted by molar-refractivity contribution is 7.80. The first-order valence-corrected chi connectivity index (χ1v) is 11.5. The van der Waals surface area contributed by atoms with E-state index in [1.165, 1.54) is 0 Å². The number of benzene rings is 2. The molecule has 168 valence electrons. The van der Waals surface area contributed by atoms with Crippen molar-refractivity contribution >= 4 is 28.2 Å². The molecule has 2 heterocycles. The van der Waals surface area contributed by atoms with Gasteiger partial charge in [-0.25, -0.2) is 0 Å². The number of rotatable bonds is 8. The molecule has 3 aromatic rings. The number of fused-ring (bicyclic) bond motifs is 1. The molecular formula is C25H29N3O3S. The number of hydrogen-bond acceptors (Lipinski definition) is 4. The summed E-state index contributed by atoms with van der Waals surface area (Å²) in [5.41, 5.74) is 2.46. The molecule has 1 atom stereocenters. The fourth-order valence-corrected chi connectivity index (χ4v) is 4.14. The fourth-order valence-electron chi connectivity index (χ4n) is 3.93. The van der Waals surface area contributed by atoms with E-state index in [1.807, 2.05) is 54.3 Å². The van der Waals surface area contributed by atoms with Gasteiger partial charge in [-0.1, -0.05) is 30.3 Å². The lowest BCUT2D eigenvalue weighted by molar-refractivity contribution is 0.113. The molecule has 0 saturated carbocycles. The van der Waals surface area contributed by atoms with Crippen molar-refractivity contribution in [3.8, 4) is 5.75 Å². The summed E-state index contributed by atoms with van der Waals surface area (Å²) in [6, 6.07) is 17.8. The summed E-state index contributed by atoms with van der Waals surface area (Å²) in [4.78, 5) is 17.8. The molecule has 1 fully saturated rings. The number of nitrogens with zero attached hydrogens (tertiary/aromatic N) is 1. The molecular weight excluding hydrogens is 422 g/mol. The van der Waals surface area contributed by atoms with Crippen molar-refractivity contribution in [3.05, 3.63) is 76.1 Å². The predicted octanol–water partition coefficient (Wildman–Crippen LogP) is 3.98. The van der Waals surface area contributed by atoms with Gasteiger partial charge >= 0.3 is 0 Å². The number of aromatic nitrogens is 1. The summed E-state index contributed by atoms with van der Waals surface area (Å²) in [6.07, 6.45) is 2.32. The van der Waals surface area contributed by atoms with Crippen molar-refractivity contribution in [3.63, 3.8) is 0 Å². The molecule has 0 amide bonds. The Labute approximate surface area is 193 Å². The van der Waals surface area contributed by atoms with E-state index < -0.39 is 0 Å². The Kier molecular flexibility index (Phi) is 7.39. The summed E-state index contributed by atoms with van der Waals surface area (Å²) in [7, 11) is 0. The lowest BCUT2D eigenvalue weighted by atomic mass is 10.1. The molecule has 1 aliphatic rings. The molecule has 2 N–H and O–H groups in total. The van der Waals surface area contributed by atoms with Crippen LogP contribution in [0, 0.1) is 0 Å². The highest BCUT2D eigenvalue weighted by Crippen LogP contribution is 2.20. The minimum absolute atomic E-state index is 0.110. The first-order chi connectivity index (χ1) is 15.6. The average Bonchev–Trinajstić information content (AvgIpc) is 3.32. The van der Waals surface area contributed by atoms with E-state index in [0.717, 1.165) is 41.7 Å². The zero-order chi connectivity index (χ0) is 22.3. The molecule has 0 spiro atoms. The van der Waals surface area contributed by atoms with Crippen LogP contribution < -0.4 is 15.6 Å². The van der Waals surface area contributed by atoms with Crippen LogP contribution in [0.4, 0.5) is 0 Å². The van der Waals surface area contributed by atoms with Crippen molar-refractivity contribution in [2.24, 2.45) is 0 Å². The standard InChI is InChI=1S/C25H29N3O3S/c1-2-30-21-10-11-23-19(14-21)13-20(24(29)27-23)17-28(16-18-7-4-3-5-8-18)25(32)26-15-22-9-6-12-31-22/h3-5,7-8,10-11,13-14,22H,2,6,9,12,15-17H2,1H3,(H,26,32)(H,27,29)/t22-/m1/s1. The van der Waals surface area contributed by atoms with Crippen LogP contribution in [-0.2, 0) is 17.8 Å². The predicted molar refractivity (Wildman–Crippen MR) is 131 cm³/mol. The summed E-state index contributed by atoms with van der Waals surface area (Å²) in [5, 5.41) is 4.90. The van der Waals surface area contributed by atoms with Crippen LogP contribution in [0.2, 0.25) is 0 Å². The monoisotopic (exact) mass is 451 g/mol. The lowest BCUT2D eigenvalue weighted by Crippen LogP contribution is -2.42. The number of thiocarbonyl (C=S) groups is 1. The van der Waals surface area contributed by atoms with Crippen LogP contribution in [0.1, 0.15) is 30.9 Å². The van der Waals surface area contributed by atoms with Crippen LogP contribution >= 0.6 is 12.2 Å². The molecule has 32 heavy (non-hydrogen) atoms. The van der Waals surface area contributed by atoms with Crippen molar-refractivity contribution in [1.82, 2.24) is 15.2 Å². The minimum atomic E-state index is -0.110. The number of aromatic amines is 1. The van der Waals surface area contributed by atoms with Crippen molar-refractivity contribution in [1.29, 1.82) is 0 Å². The van der Waals surface area contributed by atoms with Crippen LogP contribution in [0.3, 0.4) is 0 Å². The number of ether oxygens (including phenoxy) is 2. The normalized spacial score (nSPS) is 15.6. The third kappa shape index (κ3) is 5.66. The van der Waals surface area contributed by atoms with Gasteiger partial charge in [-0.15, -0.1) is 0 Å². The van der Waals surface area contributed by atoms with Crippen molar-refractivity contribution in [2.45, 2.75) is 39.0 Å². The molecule has 0 aliphatic carbocycles. The number of H-pyrrole nitrogens is 1. The lowest BCUT2D eigenvalue weighted by Gasteiger charge is -2.27. The summed E-state index contributed by atoms with van der Waals surface area (Å²) < 4.78 is 11.3. The van der Waals surface area contributed by atoms with E-state index in [1.54, 1.807) is 0 Å². The zero-order valence-electron chi connectivity index (χ0n) is 18.3. The van der Waals surface area contributed by atoms with Gasteiger partial charge < -0.3 is 24.7 Å². The van der Waals surface area contributed by atoms with Crippen LogP contribution in [-0.4, -0.2) is 40.9 Å². The zero-order valence-corrected chi connectivity index (χ0v) is 19.1. The van der Waals surface area contributed by atoms with Crippen LogP contribution in [0.25, 0.3) is 10.9 Å². The number of hydrogen-bond donors (Lipinski definition) is 2. The molecule has 1 aliphatic heterocycles. The summed E-state index contributed by atoms with van der Waals surface area (Å²) >= 11 is 5.73. The van der Waals surface area contributed by atoms with E-state index in [4.69, 9.17) is 21.7 Å². The maximum atomic E-state index is 12.8. The van der Waals surface area contributed by atoms with Crippen LogP contribution in [0.15, 0.2) is 59.4 Å². The second-order valence-electron chi connectivity index (χ2n) is 7.97. The Bertz CT molecular complexity index is 1110. The van der Waals surface area contributed by atoms with Gasteiger partial charge in [-0.05, 0) is 61.8 Å². The van der Waals surface area contributed by atoms with E-state index in [-0.39, 0.29) is 11.7 Å². The van der Waals surface area contributed by atoms with Gasteiger partial charge in [0.15, 0.2) is 5.11 Å². The average molecular weight is 452 g/mol. The molecule has 0 bridgehead atoms. The Morgan fingerprint density at radius 2 is 2.06 bits per heavy atom. The fraction of sp³-hybridized carbons (Fsp3) is 0.360. The van der Waals surface area contributed by atoms with E-state index in [9.17, 15) is 4.79 Å². The quantitative estimate of drug-likeness (QED) is 0.505. The highest BCUT2D eigenvalue weighted by Gasteiger charge is 2.18. The summed E-state index contributed by atoms with van der Waals surface area (Å²) in [5.74, 6) is 0.785. The Balaban J connectivity index is 1.57. The van der Waals surface area contributed by atoms with Crippen molar-refractivity contribution < 1.29 is 9.47 Å². The number of nitrogens with one attached hydrogen (secondary N) is 2. The van der Waals surface area contributed by atoms with Gasteiger partial charge in [-0.2, -0.15) is 0 Å². The Hall–Kier alpha value is -2.90. The topological polar surface area (TPSA) is 66.6 Å². The SMILES string of the molecule is CCOc1ccc2[nH]c(=O)c(CN(Cc3ccccc3)C(=S)NC[C@H]3CCCO3)cc2c1. The summed E-state index contributed by atoms with van der Waals surface area (Å²) in [6.45, 7) is 5.04. The van der Waals surface area contributed by atoms with E-state index in [0.29, 0.717) is 36.9 Å². The molecule has 2 aromatic carbocycles. The Morgan fingerprint density at radius 1 is 1.22 bits per heavy atom. The maximum absolute atomic E-state index is 12.8. The third-order valence-corrected chi connectivity index (χ3v) is 5.98. The second kappa shape index (κ2) is 10.6. The van der Waals surface area contributed by atoms with Gasteiger partial charge in [0, 0.05) is 36.2 Å². The van der Waals surface area contributed by atoms with Crippen LogP contribution in [0.5, 0.6) is 5.75 Å². The van der Waals surface area contributed by atoms with Crippen molar-refractivity contribution in [2.75, 3.05) is 19.8 Å². The second-order valence-corrected chi connectivity index (χ2v) is 8.36. The van der Waals surface area contributed by atoms with E-state index in [2.05, 4.69) is 22.4 Å². The molecule has 7 heteroatoms. The molecule has 1 aromatic heterocycles. The molecule has 0 unspecified atom stereocenters. The maximum Gasteiger partial charge on any atom is 0.253 e. The smallest absolute Gasteiger partial charge is 0.253 e. The molecule has 0 radical (unpaired) electrons. The highest BCUT2D eigenvalue weighted by atomic mass is 32.1.